The molecule has 1 fully saturated rings. The second kappa shape index (κ2) is 8.13. The van der Waals surface area contributed by atoms with Crippen LogP contribution in [-0.4, -0.2) is 47.5 Å². The lowest BCUT2D eigenvalue weighted by molar-refractivity contribution is 0.0940. The summed E-state index contributed by atoms with van der Waals surface area (Å²) in [5, 5.41) is 5.79. The van der Waals surface area contributed by atoms with Crippen LogP contribution in [0.1, 0.15) is 61.3 Å². The van der Waals surface area contributed by atoms with Gasteiger partial charge < -0.3 is 15.5 Å². The van der Waals surface area contributed by atoms with Crippen molar-refractivity contribution >= 4 is 11.9 Å². The van der Waals surface area contributed by atoms with Gasteiger partial charge in [0.15, 0.2) is 0 Å². The van der Waals surface area contributed by atoms with Crippen molar-refractivity contribution in [3.05, 3.63) is 29.1 Å². The Hall–Kier alpha value is -2.11. The monoisotopic (exact) mass is 332 g/mol. The Labute approximate surface area is 144 Å². The third kappa shape index (κ3) is 4.46. The topological polar surface area (TPSA) is 74.3 Å². The zero-order valence-corrected chi connectivity index (χ0v) is 15.1. The molecule has 2 heterocycles. The summed E-state index contributed by atoms with van der Waals surface area (Å²) in [6.07, 6.45) is 1.66. The Morgan fingerprint density at radius 3 is 2.54 bits per heavy atom. The van der Waals surface area contributed by atoms with E-state index in [2.05, 4.69) is 15.6 Å². The fourth-order valence-corrected chi connectivity index (χ4v) is 3.04. The number of pyridine rings is 1. The molecule has 1 aliphatic rings. The number of carbonyl (C=O) groups excluding carboxylic acids is 2. The molecular formula is C18H28N4O2. The average Bonchev–Trinajstić information content (AvgIpc) is 2.54. The standard InChI is InChI=1S/C18H28N4O2/c1-5-19-18(24)22-10-8-14(9-11-22)16-15(7-6-13(4)21-16)17(23)20-12(2)3/h6-7,12,14H,5,8-11H2,1-4H3,(H,19,24)(H,20,23). The van der Waals surface area contributed by atoms with Gasteiger partial charge in [0.25, 0.3) is 5.91 Å². The first-order chi connectivity index (χ1) is 11.4. The lowest BCUT2D eigenvalue weighted by Crippen LogP contribution is -2.44. The van der Waals surface area contributed by atoms with E-state index in [1.807, 2.05) is 44.7 Å². The molecule has 2 N–H and O–H groups in total. The molecule has 0 saturated carbocycles. The number of likely N-dealkylation sites (tertiary alicyclic amines) is 1. The quantitative estimate of drug-likeness (QED) is 0.889. The van der Waals surface area contributed by atoms with Crippen molar-refractivity contribution in [2.24, 2.45) is 0 Å². The maximum atomic E-state index is 12.5. The van der Waals surface area contributed by atoms with Crippen molar-refractivity contribution < 1.29 is 9.59 Å². The molecule has 24 heavy (non-hydrogen) atoms. The van der Waals surface area contributed by atoms with Gasteiger partial charge in [0.2, 0.25) is 0 Å². The number of aromatic nitrogens is 1. The Kier molecular flexibility index (Phi) is 6.17. The molecular weight excluding hydrogens is 304 g/mol. The Morgan fingerprint density at radius 1 is 1.29 bits per heavy atom. The molecule has 3 amide bonds. The summed E-state index contributed by atoms with van der Waals surface area (Å²) in [4.78, 5) is 30.9. The maximum Gasteiger partial charge on any atom is 0.317 e. The molecule has 1 aliphatic heterocycles. The number of carbonyl (C=O) groups is 2. The van der Waals surface area contributed by atoms with Gasteiger partial charge in [-0.05, 0) is 52.7 Å². The Morgan fingerprint density at radius 2 is 1.96 bits per heavy atom. The van der Waals surface area contributed by atoms with Crippen LogP contribution in [0, 0.1) is 6.92 Å². The van der Waals surface area contributed by atoms with Crippen LogP contribution in [0.5, 0.6) is 0 Å². The number of hydrogen-bond donors (Lipinski definition) is 2. The van der Waals surface area contributed by atoms with E-state index in [0.29, 0.717) is 25.2 Å². The van der Waals surface area contributed by atoms with Gasteiger partial charge in [-0.2, -0.15) is 0 Å². The molecule has 6 nitrogen and oxygen atoms in total. The van der Waals surface area contributed by atoms with Gasteiger partial charge in [0, 0.05) is 37.3 Å². The van der Waals surface area contributed by atoms with E-state index in [4.69, 9.17) is 0 Å². The third-order valence-electron chi connectivity index (χ3n) is 4.23. The van der Waals surface area contributed by atoms with Gasteiger partial charge in [-0.1, -0.05) is 0 Å². The van der Waals surface area contributed by atoms with Crippen molar-refractivity contribution in [2.75, 3.05) is 19.6 Å². The summed E-state index contributed by atoms with van der Waals surface area (Å²) < 4.78 is 0. The predicted molar refractivity (Wildman–Crippen MR) is 94.2 cm³/mol. The molecule has 0 aromatic carbocycles. The zero-order valence-electron chi connectivity index (χ0n) is 15.1. The summed E-state index contributed by atoms with van der Waals surface area (Å²) in [6, 6.07) is 3.82. The van der Waals surface area contributed by atoms with Crippen LogP contribution in [0.3, 0.4) is 0 Å². The smallest absolute Gasteiger partial charge is 0.317 e. The van der Waals surface area contributed by atoms with Crippen LogP contribution in [0.15, 0.2) is 12.1 Å². The molecule has 1 saturated heterocycles. The number of nitrogens with one attached hydrogen (secondary N) is 2. The second-order valence-corrected chi connectivity index (χ2v) is 6.61. The minimum atomic E-state index is -0.0707. The summed E-state index contributed by atoms with van der Waals surface area (Å²) >= 11 is 0. The molecule has 0 bridgehead atoms. The Balaban J connectivity index is 2.13. The van der Waals surface area contributed by atoms with Crippen LogP contribution in [0.2, 0.25) is 0 Å². The first-order valence-corrected chi connectivity index (χ1v) is 8.73. The van der Waals surface area contributed by atoms with Gasteiger partial charge in [-0.3, -0.25) is 9.78 Å². The lowest BCUT2D eigenvalue weighted by Gasteiger charge is -2.32. The number of aryl methyl sites for hydroxylation is 1. The maximum absolute atomic E-state index is 12.5. The van der Waals surface area contributed by atoms with E-state index in [9.17, 15) is 9.59 Å². The molecule has 132 valence electrons. The predicted octanol–water partition coefficient (Wildman–Crippen LogP) is 2.44. The van der Waals surface area contributed by atoms with E-state index in [0.717, 1.165) is 24.2 Å². The van der Waals surface area contributed by atoms with Crippen LogP contribution in [0.25, 0.3) is 0 Å². The normalized spacial score (nSPS) is 15.5. The molecule has 0 atom stereocenters. The molecule has 6 heteroatoms. The van der Waals surface area contributed by atoms with Crippen LogP contribution in [-0.2, 0) is 0 Å². The molecule has 0 unspecified atom stereocenters. The largest absolute Gasteiger partial charge is 0.350 e. The first kappa shape index (κ1) is 18.2. The molecule has 0 aliphatic carbocycles. The molecule has 0 radical (unpaired) electrons. The SMILES string of the molecule is CCNC(=O)N1CCC(c2nc(C)ccc2C(=O)NC(C)C)CC1. The van der Waals surface area contributed by atoms with E-state index in [-0.39, 0.29) is 23.9 Å². The highest BCUT2D eigenvalue weighted by atomic mass is 16.2. The number of piperidine rings is 1. The van der Waals surface area contributed by atoms with Crippen molar-refractivity contribution in [2.45, 2.75) is 52.5 Å². The minimum absolute atomic E-state index is 0.00840. The van der Waals surface area contributed by atoms with Crippen molar-refractivity contribution in [3.63, 3.8) is 0 Å². The van der Waals surface area contributed by atoms with Gasteiger partial charge in [0.05, 0.1) is 11.3 Å². The Bertz CT molecular complexity index is 593. The zero-order chi connectivity index (χ0) is 17.7. The van der Waals surface area contributed by atoms with E-state index >= 15 is 0 Å². The lowest BCUT2D eigenvalue weighted by atomic mass is 9.90. The van der Waals surface area contributed by atoms with E-state index in [1.54, 1.807) is 0 Å². The summed E-state index contributed by atoms with van der Waals surface area (Å²) in [5.41, 5.74) is 2.44. The van der Waals surface area contributed by atoms with Crippen LogP contribution in [0.4, 0.5) is 4.79 Å². The summed E-state index contributed by atoms with van der Waals surface area (Å²) in [7, 11) is 0. The fourth-order valence-electron chi connectivity index (χ4n) is 3.04. The number of nitrogens with zero attached hydrogens (tertiary/aromatic N) is 2. The highest BCUT2D eigenvalue weighted by Crippen LogP contribution is 2.29. The van der Waals surface area contributed by atoms with Crippen LogP contribution < -0.4 is 10.6 Å². The fraction of sp³-hybridized carbons (Fsp3) is 0.611. The van der Waals surface area contributed by atoms with Gasteiger partial charge in [-0.25, -0.2) is 4.79 Å². The molecule has 2 rings (SSSR count). The van der Waals surface area contributed by atoms with Crippen molar-refractivity contribution in [1.82, 2.24) is 20.5 Å². The minimum Gasteiger partial charge on any atom is -0.350 e. The van der Waals surface area contributed by atoms with Crippen LogP contribution >= 0.6 is 0 Å². The number of urea groups is 1. The number of hydrogen-bond acceptors (Lipinski definition) is 3. The highest BCUT2D eigenvalue weighted by molar-refractivity contribution is 5.95. The third-order valence-corrected chi connectivity index (χ3v) is 4.23. The summed E-state index contributed by atoms with van der Waals surface area (Å²) in [6.45, 7) is 9.78. The molecule has 0 spiro atoms. The van der Waals surface area contributed by atoms with Crippen molar-refractivity contribution in [1.29, 1.82) is 0 Å². The van der Waals surface area contributed by atoms with E-state index < -0.39 is 0 Å². The number of rotatable bonds is 4. The molecule has 1 aromatic heterocycles. The highest BCUT2D eigenvalue weighted by Gasteiger charge is 2.27. The van der Waals surface area contributed by atoms with E-state index in [1.165, 1.54) is 0 Å². The molecule has 1 aromatic rings. The number of amides is 3. The van der Waals surface area contributed by atoms with Gasteiger partial charge in [-0.15, -0.1) is 0 Å². The van der Waals surface area contributed by atoms with Gasteiger partial charge in [0.1, 0.15) is 0 Å². The summed E-state index contributed by atoms with van der Waals surface area (Å²) in [5.74, 6) is 0.141. The average molecular weight is 332 g/mol. The second-order valence-electron chi connectivity index (χ2n) is 6.61. The van der Waals surface area contributed by atoms with Gasteiger partial charge >= 0.3 is 6.03 Å². The first-order valence-electron chi connectivity index (χ1n) is 8.73. The van der Waals surface area contributed by atoms with Crippen molar-refractivity contribution in [3.8, 4) is 0 Å².